The van der Waals surface area contributed by atoms with Crippen LogP contribution in [0.25, 0.3) is 22.1 Å². The number of nitrogens with zero attached hydrogens (tertiary/aromatic N) is 3. The summed E-state index contributed by atoms with van der Waals surface area (Å²) in [5, 5.41) is 3.17. The lowest BCUT2D eigenvalue weighted by Gasteiger charge is -2.21. The predicted octanol–water partition coefficient (Wildman–Crippen LogP) is 3.99. The second-order valence-electron chi connectivity index (χ2n) is 7.38. The van der Waals surface area contributed by atoms with Crippen molar-refractivity contribution in [1.82, 2.24) is 24.8 Å². The molecule has 0 unspecified atom stereocenters. The van der Waals surface area contributed by atoms with Gasteiger partial charge in [0.15, 0.2) is 0 Å². The molecule has 2 aromatic heterocycles. The molecule has 0 aliphatic carbocycles. The maximum Gasteiger partial charge on any atom is 0.240 e. The van der Waals surface area contributed by atoms with Crippen LogP contribution in [0.15, 0.2) is 48.5 Å². The molecule has 6 heteroatoms. The van der Waals surface area contributed by atoms with Crippen molar-refractivity contribution in [3.05, 3.63) is 60.2 Å². The van der Waals surface area contributed by atoms with Crippen LogP contribution in [0.2, 0.25) is 0 Å². The van der Waals surface area contributed by atoms with Crippen LogP contribution in [0, 0.1) is 5.92 Å². The highest BCUT2D eigenvalue weighted by Gasteiger charge is 2.22. The molecule has 6 nitrogen and oxygen atoms in total. The maximum atomic E-state index is 12.9. The van der Waals surface area contributed by atoms with Crippen LogP contribution in [0.1, 0.15) is 38.5 Å². The molecule has 2 heterocycles. The predicted molar refractivity (Wildman–Crippen MR) is 111 cm³/mol. The molecular formula is C22H25N5O. The van der Waals surface area contributed by atoms with Gasteiger partial charge >= 0.3 is 0 Å². The van der Waals surface area contributed by atoms with Crippen LogP contribution in [0.4, 0.5) is 0 Å². The van der Waals surface area contributed by atoms with Crippen LogP contribution in [-0.2, 0) is 17.8 Å². The minimum absolute atomic E-state index is 0.0444. The molecule has 1 amide bonds. The third-order valence-corrected chi connectivity index (χ3v) is 5.04. The van der Waals surface area contributed by atoms with E-state index in [0.29, 0.717) is 0 Å². The number of carbonyl (C=O) groups is 1. The van der Waals surface area contributed by atoms with Gasteiger partial charge in [0.1, 0.15) is 18.2 Å². The highest BCUT2D eigenvalue weighted by molar-refractivity contribution is 5.81. The Kier molecular flexibility index (Phi) is 4.86. The number of hydrogen-bond acceptors (Lipinski definition) is 3. The fourth-order valence-electron chi connectivity index (χ4n) is 3.61. The first-order chi connectivity index (χ1) is 13.6. The van der Waals surface area contributed by atoms with Crippen molar-refractivity contribution in [3.63, 3.8) is 0 Å². The topological polar surface area (TPSA) is 75.6 Å². The smallest absolute Gasteiger partial charge is 0.240 e. The number of fused-ring (bicyclic) bond motifs is 2. The molecule has 4 rings (SSSR count). The third kappa shape index (κ3) is 3.38. The van der Waals surface area contributed by atoms with Gasteiger partial charge in [-0.3, -0.25) is 4.79 Å². The Hall–Kier alpha value is -3.15. The Balaban J connectivity index is 1.59. The Morgan fingerprint density at radius 2 is 1.79 bits per heavy atom. The summed E-state index contributed by atoms with van der Waals surface area (Å²) in [5.41, 5.74) is 3.79. The number of para-hydroxylation sites is 4. The van der Waals surface area contributed by atoms with Crippen molar-refractivity contribution in [2.75, 3.05) is 0 Å². The molecule has 28 heavy (non-hydrogen) atoms. The van der Waals surface area contributed by atoms with Gasteiger partial charge in [0.2, 0.25) is 5.91 Å². The summed E-state index contributed by atoms with van der Waals surface area (Å²) >= 11 is 0. The van der Waals surface area contributed by atoms with E-state index in [9.17, 15) is 4.79 Å². The molecule has 144 valence electrons. The van der Waals surface area contributed by atoms with Crippen LogP contribution in [0.5, 0.6) is 0 Å². The lowest BCUT2D eigenvalue weighted by Crippen LogP contribution is -2.35. The molecule has 4 aromatic rings. The van der Waals surface area contributed by atoms with Crippen molar-refractivity contribution in [1.29, 1.82) is 0 Å². The van der Waals surface area contributed by atoms with Gasteiger partial charge < -0.3 is 14.9 Å². The lowest BCUT2D eigenvalue weighted by atomic mass is 10.0. The van der Waals surface area contributed by atoms with E-state index in [2.05, 4.69) is 41.0 Å². The molecular weight excluding hydrogens is 350 g/mol. The number of aromatic amines is 1. The van der Waals surface area contributed by atoms with Crippen molar-refractivity contribution in [2.45, 2.75) is 39.8 Å². The van der Waals surface area contributed by atoms with E-state index in [1.54, 1.807) is 0 Å². The number of rotatable bonds is 6. The minimum atomic E-state index is -0.181. The van der Waals surface area contributed by atoms with Crippen LogP contribution >= 0.6 is 0 Å². The standard InChI is InChI=1S/C22H25N5O/c1-4-19-23-17-11-7-8-12-18(17)27(19)13-20(28)26-21(14(2)3)22-24-15-9-5-6-10-16(15)25-22/h5-12,14,21H,4,13H2,1-3H3,(H,24,25)(H,26,28)/t21-/m0/s1. The Morgan fingerprint density at radius 1 is 1.07 bits per heavy atom. The number of hydrogen-bond donors (Lipinski definition) is 2. The van der Waals surface area contributed by atoms with E-state index >= 15 is 0 Å². The monoisotopic (exact) mass is 375 g/mol. The van der Waals surface area contributed by atoms with Gasteiger partial charge in [-0.25, -0.2) is 9.97 Å². The van der Waals surface area contributed by atoms with E-state index in [-0.39, 0.29) is 24.4 Å². The SMILES string of the molecule is CCc1nc2ccccc2n1CC(=O)N[C@H](c1nc2ccccc2[nH]1)C(C)C. The number of H-pyrrole nitrogens is 1. The second kappa shape index (κ2) is 7.46. The molecule has 0 spiro atoms. The molecule has 0 radical (unpaired) electrons. The summed E-state index contributed by atoms with van der Waals surface area (Å²) in [6, 6.07) is 15.7. The summed E-state index contributed by atoms with van der Waals surface area (Å²) in [6.45, 7) is 6.47. The molecule has 0 fully saturated rings. The molecule has 1 atom stereocenters. The number of amides is 1. The molecule has 0 bridgehead atoms. The van der Waals surface area contributed by atoms with E-state index < -0.39 is 0 Å². The van der Waals surface area contributed by atoms with Gasteiger partial charge in [0, 0.05) is 6.42 Å². The summed E-state index contributed by atoms with van der Waals surface area (Å²) < 4.78 is 2.00. The van der Waals surface area contributed by atoms with Crippen molar-refractivity contribution in [3.8, 4) is 0 Å². The zero-order valence-electron chi connectivity index (χ0n) is 16.4. The molecule has 0 aliphatic heterocycles. The zero-order chi connectivity index (χ0) is 19.7. The fraction of sp³-hybridized carbons (Fsp3) is 0.318. The number of aromatic nitrogens is 4. The first kappa shape index (κ1) is 18.2. The molecule has 0 saturated carbocycles. The van der Waals surface area contributed by atoms with Gasteiger partial charge in [-0.1, -0.05) is 45.0 Å². The van der Waals surface area contributed by atoms with Gasteiger partial charge in [-0.05, 0) is 30.2 Å². The quantitative estimate of drug-likeness (QED) is 0.535. The van der Waals surface area contributed by atoms with Gasteiger partial charge in [-0.15, -0.1) is 0 Å². The van der Waals surface area contributed by atoms with E-state index in [0.717, 1.165) is 40.1 Å². The Bertz CT molecular complexity index is 1090. The average Bonchev–Trinajstić information content (AvgIpc) is 3.27. The largest absolute Gasteiger partial charge is 0.344 e. The van der Waals surface area contributed by atoms with Gasteiger partial charge in [0.25, 0.3) is 0 Å². The number of imidazole rings is 2. The third-order valence-electron chi connectivity index (χ3n) is 5.04. The van der Waals surface area contributed by atoms with Crippen LogP contribution in [-0.4, -0.2) is 25.4 Å². The first-order valence-electron chi connectivity index (χ1n) is 9.75. The normalized spacial score (nSPS) is 12.7. The number of carbonyl (C=O) groups excluding carboxylic acids is 1. The number of nitrogens with one attached hydrogen (secondary N) is 2. The summed E-state index contributed by atoms with van der Waals surface area (Å²) in [6.07, 6.45) is 0.777. The van der Waals surface area contributed by atoms with Crippen molar-refractivity contribution in [2.24, 2.45) is 5.92 Å². The Morgan fingerprint density at radius 3 is 2.50 bits per heavy atom. The van der Waals surface area contributed by atoms with Crippen LogP contribution < -0.4 is 5.32 Å². The summed E-state index contributed by atoms with van der Waals surface area (Å²) in [4.78, 5) is 25.6. The zero-order valence-corrected chi connectivity index (χ0v) is 16.4. The first-order valence-corrected chi connectivity index (χ1v) is 9.75. The van der Waals surface area contributed by atoms with E-state index in [4.69, 9.17) is 0 Å². The van der Waals surface area contributed by atoms with E-state index in [1.807, 2.05) is 53.1 Å². The Labute approximate surface area is 164 Å². The van der Waals surface area contributed by atoms with Crippen LogP contribution in [0.3, 0.4) is 0 Å². The second-order valence-corrected chi connectivity index (χ2v) is 7.38. The molecule has 0 aliphatic rings. The summed E-state index contributed by atoms with van der Waals surface area (Å²) in [5.74, 6) is 1.86. The van der Waals surface area contributed by atoms with Crippen molar-refractivity contribution >= 4 is 28.0 Å². The van der Waals surface area contributed by atoms with Gasteiger partial charge in [-0.2, -0.15) is 0 Å². The highest BCUT2D eigenvalue weighted by atomic mass is 16.2. The highest BCUT2D eigenvalue weighted by Crippen LogP contribution is 2.23. The molecule has 2 N–H and O–H groups in total. The minimum Gasteiger partial charge on any atom is -0.344 e. The average molecular weight is 375 g/mol. The van der Waals surface area contributed by atoms with Gasteiger partial charge in [0.05, 0.1) is 28.1 Å². The van der Waals surface area contributed by atoms with Crippen molar-refractivity contribution < 1.29 is 4.79 Å². The maximum absolute atomic E-state index is 12.9. The number of benzene rings is 2. The number of aryl methyl sites for hydroxylation is 1. The van der Waals surface area contributed by atoms with E-state index in [1.165, 1.54) is 0 Å². The molecule has 2 aromatic carbocycles. The lowest BCUT2D eigenvalue weighted by molar-refractivity contribution is -0.122. The summed E-state index contributed by atoms with van der Waals surface area (Å²) in [7, 11) is 0. The molecule has 0 saturated heterocycles. The fourth-order valence-corrected chi connectivity index (χ4v) is 3.61.